The molecule has 5 rings (SSSR count). The molecule has 0 fully saturated rings. The zero-order valence-electron chi connectivity index (χ0n) is 24.9. The zero-order valence-corrected chi connectivity index (χ0v) is 26.4. The summed E-state index contributed by atoms with van der Waals surface area (Å²) in [7, 11) is 1.38. The van der Waals surface area contributed by atoms with Gasteiger partial charge in [0.2, 0.25) is 0 Å². The van der Waals surface area contributed by atoms with E-state index < -0.39 is 0 Å². The van der Waals surface area contributed by atoms with Gasteiger partial charge in [-0.3, -0.25) is 0 Å². The van der Waals surface area contributed by atoms with Crippen LogP contribution in [-0.2, 0) is 24.2 Å². The molecule has 1 N–H and O–H groups in total. The number of aryl methyl sites for hydroxylation is 1. The third-order valence-electron chi connectivity index (χ3n) is 7.42. The zero-order chi connectivity index (χ0) is 30.9. The number of hydrogen-bond donors (Lipinski definition) is 1. The lowest BCUT2D eigenvalue weighted by Gasteiger charge is -2.08. The van der Waals surface area contributed by atoms with Gasteiger partial charge in [0.1, 0.15) is 5.82 Å². The number of esters is 1. The average Bonchev–Trinajstić information content (AvgIpc) is 3.44. The number of imidazole rings is 1. The molecule has 44 heavy (non-hydrogen) atoms. The van der Waals surface area contributed by atoms with E-state index in [2.05, 4.69) is 65.3 Å². The summed E-state index contributed by atoms with van der Waals surface area (Å²) in [5, 5.41) is 4.62. The number of nitrogens with zero attached hydrogens (tertiary/aromatic N) is 2. The summed E-state index contributed by atoms with van der Waals surface area (Å²) in [6.07, 6.45) is 9.60. The van der Waals surface area contributed by atoms with Crippen molar-refractivity contribution in [2.45, 2.75) is 39.3 Å². The van der Waals surface area contributed by atoms with Crippen LogP contribution in [0, 0.1) is 0 Å². The summed E-state index contributed by atoms with van der Waals surface area (Å²) in [5.74, 6) is 0.410. The molecule has 224 valence electrons. The number of carbonyl (C=O) groups excluding carboxylic acids is 1. The Morgan fingerprint density at radius 3 is 2.27 bits per heavy atom. The van der Waals surface area contributed by atoms with Crippen LogP contribution in [0.2, 0.25) is 10.0 Å². The van der Waals surface area contributed by atoms with Crippen molar-refractivity contribution in [2.75, 3.05) is 12.4 Å². The van der Waals surface area contributed by atoms with E-state index in [1.54, 1.807) is 24.3 Å². The standard InChI is InChI=1S/C37H35Cl2N3O2/c1-3-4-5-26-6-8-28(9-7-26)23-40-32-18-12-27(13-19-32)14-21-36-41-35(33-20-17-31(38)22-34(33)39)25-42(36)24-29-10-15-30(16-11-29)37(43)44-2/h6-22,25,40H,3-5,23-24H2,1-2H3. The molecule has 7 heteroatoms. The Bertz CT molecular complexity index is 1720. The van der Waals surface area contributed by atoms with Crippen molar-refractivity contribution >= 4 is 47.0 Å². The third-order valence-corrected chi connectivity index (χ3v) is 7.96. The number of halogens is 2. The Morgan fingerprint density at radius 2 is 1.59 bits per heavy atom. The number of anilines is 1. The Hall–Kier alpha value is -4.32. The first kappa shape index (κ1) is 31.1. The van der Waals surface area contributed by atoms with E-state index in [9.17, 15) is 4.79 Å². The van der Waals surface area contributed by atoms with E-state index in [-0.39, 0.29) is 5.97 Å². The maximum Gasteiger partial charge on any atom is 0.337 e. The molecule has 0 saturated carbocycles. The number of rotatable bonds is 12. The van der Waals surface area contributed by atoms with E-state index in [1.165, 1.54) is 31.1 Å². The molecule has 0 radical (unpaired) electrons. The molecule has 0 aliphatic heterocycles. The van der Waals surface area contributed by atoms with Crippen molar-refractivity contribution in [3.05, 3.63) is 141 Å². The van der Waals surface area contributed by atoms with Crippen LogP contribution in [0.1, 0.15) is 58.2 Å². The number of ether oxygens (including phenoxy) is 1. The fourth-order valence-corrected chi connectivity index (χ4v) is 5.37. The maximum atomic E-state index is 11.9. The molecule has 4 aromatic carbocycles. The van der Waals surface area contributed by atoms with Crippen molar-refractivity contribution in [3.63, 3.8) is 0 Å². The normalized spacial score (nSPS) is 11.2. The number of hydrogen-bond acceptors (Lipinski definition) is 4. The average molecular weight is 625 g/mol. The second-order valence-corrected chi connectivity index (χ2v) is 11.5. The smallest absolute Gasteiger partial charge is 0.337 e. The van der Waals surface area contributed by atoms with Gasteiger partial charge in [0.05, 0.1) is 23.4 Å². The third kappa shape index (κ3) is 8.19. The number of aromatic nitrogens is 2. The predicted octanol–water partition coefficient (Wildman–Crippen LogP) is 9.82. The van der Waals surface area contributed by atoms with Gasteiger partial charge < -0.3 is 14.6 Å². The lowest BCUT2D eigenvalue weighted by atomic mass is 10.1. The molecule has 0 spiro atoms. The summed E-state index contributed by atoms with van der Waals surface area (Å²) in [4.78, 5) is 16.8. The lowest BCUT2D eigenvalue weighted by molar-refractivity contribution is 0.0600. The van der Waals surface area contributed by atoms with Crippen molar-refractivity contribution in [2.24, 2.45) is 0 Å². The van der Waals surface area contributed by atoms with E-state index >= 15 is 0 Å². The Labute approximate surface area is 269 Å². The highest BCUT2D eigenvalue weighted by Gasteiger charge is 2.13. The Morgan fingerprint density at radius 1 is 0.886 bits per heavy atom. The minimum atomic E-state index is -0.361. The second kappa shape index (κ2) is 14.9. The number of benzene rings is 4. The van der Waals surface area contributed by atoms with Gasteiger partial charge >= 0.3 is 5.97 Å². The summed E-state index contributed by atoms with van der Waals surface area (Å²) < 4.78 is 6.89. The van der Waals surface area contributed by atoms with Gasteiger partial charge in [-0.05, 0) is 83.6 Å². The van der Waals surface area contributed by atoms with Crippen LogP contribution in [-0.4, -0.2) is 22.6 Å². The number of methoxy groups -OCH3 is 1. The number of unbranched alkanes of at least 4 members (excludes halogenated alkanes) is 1. The van der Waals surface area contributed by atoms with Gasteiger partial charge in [0.15, 0.2) is 0 Å². The van der Waals surface area contributed by atoms with E-state index in [0.29, 0.717) is 22.2 Å². The molecule has 0 bridgehead atoms. The fraction of sp³-hybridized carbons (Fsp3) is 0.189. The quantitative estimate of drug-likeness (QED) is 0.140. The first-order chi connectivity index (χ1) is 21.4. The van der Waals surface area contributed by atoms with Crippen molar-refractivity contribution in [3.8, 4) is 11.3 Å². The monoisotopic (exact) mass is 623 g/mol. The van der Waals surface area contributed by atoms with Crippen LogP contribution >= 0.6 is 23.2 Å². The number of carbonyl (C=O) groups is 1. The summed E-state index contributed by atoms with van der Waals surface area (Å²) in [6.45, 7) is 3.55. The molecule has 0 aliphatic rings. The molecular formula is C37H35Cl2N3O2. The van der Waals surface area contributed by atoms with Crippen LogP contribution in [0.4, 0.5) is 5.69 Å². The largest absolute Gasteiger partial charge is 0.465 e. The molecule has 0 aliphatic carbocycles. The number of nitrogens with one attached hydrogen (secondary N) is 1. The first-order valence-corrected chi connectivity index (χ1v) is 15.5. The highest BCUT2D eigenvalue weighted by atomic mass is 35.5. The molecule has 5 aromatic rings. The van der Waals surface area contributed by atoms with Crippen LogP contribution in [0.15, 0.2) is 97.2 Å². The molecule has 0 saturated heterocycles. The molecule has 1 heterocycles. The van der Waals surface area contributed by atoms with Crippen molar-refractivity contribution in [1.82, 2.24) is 9.55 Å². The minimum Gasteiger partial charge on any atom is -0.465 e. The van der Waals surface area contributed by atoms with Gasteiger partial charge in [-0.2, -0.15) is 0 Å². The van der Waals surface area contributed by atoms with Gasteiger partial charge in [0, 0.05) is 35.6 Å². The minimum absolute atomic E-state index is 0.361. The van der Waals surface area contributed by atoms with Gasteiger partial charge in [0.25, 0.3) is 0 Å². The maximum absolute atomic E-state index is 11.9. The van der Waals surface area contributed by atoms with Crippen LogP contribution in [0.3, 0.4) is 0 Å². The first-order valence-electron chi connectivity index (χ1n) is 14.7. The van der Waals surface area contributed by atoms with Gasteiger partial charge in [-0.25, -0.2) is 9.78 Å². The highest BCUT2D eigenvalue weighted by molar-refractivity contribution is 6.36. The SMILES string of the molecule is CCCCc1ccc(CNc2ccc(C=Cc3nc(-c4ccc(Cl)cc4Cl)cn3Cc3ccc(C(=O)OC)cc3)cc2)cc1. The van der Waals surface area contributed by atoms with Crippen molar-refractivity contribution < 1.29 is 9.53 Å². The molecular weight excluding hydrogens is 589 g/mol. The summed E-state index contributed by atoms with van der Waals surface area (Å²) in [6, 6.07) is 30.0. The van der Waals surface area contributed by atoms with Gasteiger partial charge in [-0.1, -0.05) is 91.2 Å². The second-order valence-electron chi connectivity index (χ2n) is 10.7. The van der Waals surface area contributed by atoms with Crippen molar-refractivity contribution in [1.29, 1.82) is 0 Å². The van der Waals surface area contributed by atoms with Gasteiger partial charge in [-0.15, -0.1) is 0 Å². The topological polar surface area (TPSA) is 56.2 Å². The van der Waals surface area contributed by atoms with E-state index in [0.717, 1.165) is 46.9 Å². The Kier molecular flexibility index (Phi) is 10.5. The molecule has 0 amide bonds. The van der Waals surface area contributed by atoms with E-state index in [4.69, 9.17) is 32.9 Å². The van der Waals surface area contributed by atoms with Crippen LogP contribution < -0.4 is 5.32 Å². The molecule has 1 aromatic heterocycles. The summed E-state index contributed by atoms with van der Waals surface area (Å²) in [5.41, 5.74) is 7.85. The predicted molar refractivity (Wildman–Crippen MR) is 182 cm³/mol. The molecule has 0 unspecified atom stereocenters. The highest BCUT2D eigenvalue weighted by Crippen LogP contribution is 2.30. The molecule has 5 nitrogen and oxygen atoms in total. The summed E-state index contributed by atoms with van der Waals surface area (Å²) >= 11 is 12.7. The van der Waals surface area contributed by atoms with E-state index in [1.807, 2.05) is 36.5 Å². The van der Waals surface area contributed by atoms with Crippen LogP contribution in [0.5, 0.6) is 0 Å². The fourth-order valence-electron chi connectivity index (χ4n) is 4.87. The van der Waals surface area contributed by atoms with Crippen LogP contribution in [0.25, 0.3) is 23.4 Å². The lowest BCUT2D eigenvalue weighted by Crippen LogP contribution is -2.03. The molecule has 0 atom stereocenters. The Balaban J connectivity index is 1.31.